The summed E-state index contributed by atoms with van der Waals surface area (Å²) < 4.78 is 39.0. The van der Waals surface area contributed by atoms with E-state index in [9.17, 15) is 8.42 Å². The molecule has 3 aromatic rings. The summed E-state index contributed by atoms with van der Waals surface area (Å²) in [7, 11) is -3.81. The van der Waals surface area contributed by atoms with E-state index >= 15 is 0 Å². The molecule has 2 aliphatic heterocycles. The van der Waals surface area contributed by atoms with Gasteiger partial charge in [-0.15, -0.1) is 0 Å². The summed E-state index contributed by atoms with van der Waals surface area (Å²) >= 11 is 0. The van der Waals surface area contributed by atoms with Crippen molar-refractivity contribution in [2.24, 2.45) is 0 Å². The van der Waals surface area contributed by atoms with Crippen LogP contribution in [0.2, 0.25) is 0 Å². The fourth-order valence-electron chi connectivity index (χ4n) is 3.75. The molecule has 1 aromatic heterocycles. The van der Waals surface area contributed by atoms with E-state index in [1.165, 1.54) is 30.2 Å². The van der Waals surface area contributed by atoms with Gasteiger partial charge in [0.2, 0.25) is 5.95 Å². The fourth-order valence-corrected chi connectivity index (χ4v) is 4.79. The Kier molecular flexibility index (Phi) is 5.44. The lowest BCUT2D eigenvalue weighted by molar-refractivity contribution is 0.171. The van der Waals surface area contributed by atoms with Gasteiger partial charge in [-0.2, -0.15) is 0 Å². The number of benzene rings is 2. The topological polar surface area (TPSA) is 96.9 Å². The number of nitrogens with zero attached hydrogens (tertiary/aromatic N) is 4. The van der Waals surface area contributed by atoms with E-state index in [0.717, 1.165) is 26.2 Å². The molecule has 0 bridgehead atoms. The lowest BCUT2D eigenvalue weighted by Crippen LogP contribution is -2.47. The highest BCUT2D eigenvalue weighted by Crippen LogP contribution is 2.32. The fraction of sp³-hybridized carbons (Fsp3) is 0.273. The van der Waals surface area contributed by atoms with E-state index in [4.69, 9.17) is 9.47 Å². The number of hydrogen-bond donors (Lipinski definition) is 1. The molecule has 3 heterocycles. The zero-order chi connectivity index (χ0) is 22.0. The summed E-state index contributed by atoms with van der Waals surface area (Å²) in [6, 6.07) is 14.8. The summed E-state index contributed by atoms with van der Waals surface area (Å²) in [5.74, 6) is 1.54. The predicted octanol–water partition coefficient (Wildman–Crippen LogP) is 2.38. The number of fused-ring (bicyclic) bond motifs is 1. The molecule has 0 spiro atoms. The second kappa shape index (κ2) is 8.54. The molecule has 0 unspecified atom stereocenters. The minimum atomic E-state index is -3.81. The Balaban J connectivity index is 1.23. The van der Waals surface area contributed by atoms with Crippen LogP contribution in [0.15, 0.2) is 65.8 Å². The number of piperazine rings is 1. The minimum Gasteiger partial charge on any atom is -0.486 e. The molecular formula is C22H23N5O4S. The molecule has 10 heteroatoms. The van der Waals surface area contributed by atoms with E-state index in [-0.39, 0.29) is 4.90 Å². The Bertz CT molecular complexity index is 1180. The Hall–Kier alpha value is -3.53. The van der Waals surface area contributed by atoms with Crippen molar-refractivity contribution in [3.8, 4) is 11.5 Å². The third-order valence-corrected chi connectivity index (χ3v) is 6.78. The first-order chi connectivity index (χ1) is 15.6. The number of anilines is 3. The molecule has 9 nitrogen and oxygen atoms in total. The second-order valence-corrected chi connectivity index (χ2v) is 9.17. The maximum Gasteiger partial charge on any atom is 0.262 e. The molecular weight excluding hydrogens is 430 g/mol. The molecule has 5 rings (SSSR count). The molecule has 1 fully saturated rings. The first-order valence-electron chi connectivity index (χ1n) is 10.4. The van der Waals surface area contributed by atoms with Gasteiger partial charge < -0.3 is 19.3 Å². The van der Waals surface area contributed by atoms with Gasteiger partial charge in [0.1, 0.15) is 13.2 Å². The van der Waals surface area contributed by atoms with Crippen LogP contribution in [0.4, 0.5) is 17.3 Å². The molecule has 0 radical (unpaired) electrons. The average molecular weight is 454 g/mol. The van der Waals surface area contributed by atoms with Gasteiger partial charge in [-0.25, -0.2) is 18.4 Å². The number of nitrogens with one attached hydrogen (secondary N) is 1. The summed E-state index contributed by atoms with van der Waals surface area (Å²) in [6.07, 6.45) is 2.98. The summed E-state index contributed by atoms with van der Waals surface area (Å²) in [5, 5.41) is 0. The minimum absolute atomic E-state index is 0.0860. The quantitative estimate of drug-likeness (QED) is 0.629. The number of sulfonamides is 1. The Morgan fingerprint density at radius 2 is 1.47 bits per heavy atom. The summed E-state index contributed by atoms with van der Waals surface area (Å²) in [4.78, 5) is 13.3. The molecule has 0 amide bonds. The first kappa shape index (κ1) is 20.4. The second-order valence-electron chi connectivity index (χ2n) is 7.49. The van der Waals surface area contributed by atoms with E-state index in [0.29, 0.717) is 36.3 Å². The maximum atomic E-state index is 12.8. The van der Waals surface area contributed by atoms with Gasteiger partial charge in [0.25, 0.3) is 10.0 Å². The number of aromatic nitrogens is 2. The maximum absolute atomic E-state index is 12.8. The van der Waals surface area contributed by atoms with Crippen LogP contribution in [0.5, 0.6) is 11.5 Å². The van der Waals surface area contributed by atoms with Crippen molar-refractivity contribution in [3.63, 3.8) is 0 Å². The highest BCUT2D eigenvalue weighted by molar-refractivity contribution is 7.92. The van der Waals surface area contributed by atoms with Gasteiger partial charge in [-0.1, -0.05) is 18.2 Å². The summed E-state index contributed by atoms with van der Waals surface area (Å²) in [6.45, 7) is 4.15. The number of para-hydroxylation sites is 1. The van der Waals surface area contributed by atoms with Crippen molar-refractivity contribution >= 4 is 27.3 Å². The lowest BCUT2D eigenvalue weighted by Gasteiger charge is -2.36. The van der Waals surface area contributed by atoms with Crippen molar-refractivity contribution in [2.45, 2.75) is 4.90 Å². The van der Waals surface area contributed by atoms with Crippen LogP contribution < -0.4 is 24.0 Å². The number of hydrogen-bond acceptors (Lipinski definition) is 8. The molecule has 0 atom stereocenters. The number of ether oxygens (including phenoxy) is 2. The van der Waals surface area contributed by atoms with Gasteiger partial charge in [0.05, 0.1) is 23.0 Å². The highest BCUT2D eigenvalue weighted by atomic mass is 32.2. The highest BCUT2D eigenvalue weighted by Gasteiger charge is 2.21. The molecule has 1 N–H and O–H groups in total. The van der Waals surface area contributed by atoms with Crippen LogP contribution in [0.25, 0.3) is 0 Å². The molecule has 1 saturated heterocycles. The van der Waals surface area contributed by atoms with Crippen LogP contribution in [0.3, 0.4) is 0 Å². The van der Waals surface area contributed by atoms with Crippen LogP contribution in [-0.4, -0.2) is 57.8 Å². The van der Waals surface area contributed by atoms with Crippen molar-refractivity contribution < 1.29 is 17.9 Å². The van der Waals surface area contributed by atoms with E-state index in [1.807, 2.05) is 18.2 Å². The van der Waals surface area contributed by atoms with Gasteiger partial charge in [0, 0.05) is 37.9 Å². The molecule has 166 valence electrons. The van der Waals surface area contributed by atoms with Crippen molar-refractivity contribution in [1.82, 2.24) is 9.97 Å². The van der Waals surface area contributed by atoms with E-state index in [1.54, 1.807) is 6.07 Å². The zero-order valence-electron chi connectivity index (χ0n) is 17.3. The first-order valence-corrected chi connectivity index (χ1v) is 11.9. The molecule has 32 heavy (non-hydrogen) atoms. The molecule has 0 saturated carbocycles. The van der Waals surface area contributed by atoms with Gasteiger partial charge >= 0.3 is 0 Å². The smallest absolute Gasteiger partial charge is 0.262 e. The molecule has 2 aromatic carbocycles. The van der Waals surface area contributed by atoms with Crippen molar-refractivity contribution in [2.75, 3.05) is 53.9 Å². The van der Waals surface area contributed by atoms with Crippen LogP contribution in [-0.2, 0) is 10.0 Å². The number of rotatable bonds is 5. The van der Waals surface area contributed by atoms with Gasteiger partial charge in [0.15, 0.2) is 11.5 Å². The van der Waals surface area contributed by atoms with Crippen molar-refractivity contribution in [1.29, 1.82) is 0 Å². The molecule has 0 aliphatic carbocycles. The standard InChI is InChI=1S/C22H23N5O4S/c28-32(29,19-6-7-20-21(14-19)31-13-12-30-20)25-17-15-23-22(24-16-17)27-10-8-26(9-11-27)18-4-2-1-3-5-18/h1-7,14-16,25H,8-13H2. The Morgan fingerprint density at radius 1 is 0.812 bits per heavy atom. The largest absolute Gasteiger partial charge is 0.486 e. The zero-order valence-corrected chi connectivity index (χ0v) is 18.2. The lowest BCUT2D eigenvalue weighted by atomic mass is 10.2. The van der Waals surface area contributed by atoms with Gasteiger partial charge in [-0.05, 0) is 24.3 Å². The average Bonchev–Trinajstić information content (AvgIpc) is 2.85. The Morgan fingerprint density at radius 3 is 2.19 bits per heavy atom. The predicted molar refractivity (Wildman–Crippen MR) is 121 cm³/mol. The third-order valence-electron chi connectivity index (χ3n) is 5.40. The monoisotopic (exact) mass is 453 g/mol. The van der Waals surface area contributed by atoms with Crippen LogP contribution >= 0.6 is 0 Å². The SMILES string of the molecule is O=S(=O)(Nc1cnc(N2CCN(c3ccccc3)CC2)nc1)c1ccc2c(c1)OCCO2. The van der Waals surface area contributed by atoms with Crippen molar-refractivity contribution in [3.05, 3.63) is 60.9 Å². The normalized spacial score (nSPS) is 16.0. The summed E-state index contributed by atoms with van der Waals surface area (Å²) in [5.41, 5.74) is 1.50. The van der Waals surface area contributed by atoms with E-state index in [2.05, 4.69) is 36.6 Å². The van der Waals surface area contributed by atoms with Gasteiger partial charge in [-0.3, -0.25) is 4.72 Å². The van der Waals surface area contributed by atoms with E-state index < -0.39 is 10.0 Å². The third kappa shape index (κ3) is 4.26. The Labute approximate surface area is 186 Å². The molecule has 2 aliphatic rings. The van der Waals surface area contributed by atoms with Crippen LogP contribution in [0.1, 0.15) is 0 Å². The van der Waals surface area contributed by atoms with Crippen LogP contribution in [0, 0.1) is 0 Å².